The van der Waals surface area contributed by atoms with Gasteiger partial charge in [0.25, 0.3) is 15.9 Å². The second-order valence-corrected chi connectivity index (χ2v) is 11.0. The number of carbonyl (C=O) groups is 1. The van der Waals surface area contributed by atoms with Crippen molar-refractivity contribution >= 4 is 32.5 Å². The maximum atomic E-state index is 13.1. The number of carbonyl (C=O) groups excluding carboxylic acids is 1. The van der Waals surface area contributed by atoms with Crippen molar-refractivity contribution in [1.82, 2.24) is 9.88 Å². The predicted octanol–water partition coefficient (Wildman–Crippen LogP) is 5.06. The minimum absolute atomic E-state index is 0.00786. The molecule has 3 aromatic carbocycles. The van der Waals surface area contributed by atoms with Gasteiger partial charge < -0.3 is 14.7 Å². The molecule has 2 heterocycles. The molecule has 8 nitrogen and oxygen atoms in total. The van der Waals surface area contributed by atoms with Gasteiger partial charge in [0.1, 0.15) is 10.6 Å². The summed E-state index contributed by atoms with van der Waals surface area (Å²) in [5.41, 5.74) is -0.712. The summed E-state index contributed by atoms with van der Waals surface area (Å²) in [6.07, 6.45) is -3.38. The van der Waals surface area contributed by atoms with Crippen LogP contribution in [0.3, 0.4) is 0 Å². The fraction of sp³-hybridized carbons (Fsp3) is 0.214. The molecule has 0 saturated carbocycles. The molecule has 0 atom stereocenters. The highest BCUT2D eigenvalue weighted by Crippen LogP contribution is 2.40. The third-order valence-corrected chi connectivity index (χ3v) is 8.17. The molecule has 0 spiro atoms. The first-order valence-electron chi connectivity index (χ1n) is 12.3. The van der Waals surface area contributed by atoms with Gasteiger partial charge in [-0.2, -0.15) is 0 Å². The number of benzene rings is 3. The molecule has 4 aromatic rings. The maximum Gasteiger partial charge on any atom is 0.573 e. The van der Waals surface area contributed by atoms with E-state index >= 15 is 0 Å². The summed E-state index contributed by atoms with van der Waals surface area (Å²) in [7, 11) is -3.96. The maximum absolute atomic E-state index is 13.1. The van der Waals surface area contributed by atoms with Crippen molar-refractivity contribution in [3.63, 3.8) is 0 Å². The van der Waals surface area contributed by atoms with Crippen LogP contribution in [0, 0.1) is 0 Å². The molecule has 1 saturated heterocycles. The number of nitrogens with one attached hydrogen (secondary N) is 1. The van der Waals surface area contributed by atoms with Crippen LogP contribution in [0.2, 0.25) is 0 Å². The minimum atomic E-state index is -4.91. The SMILES string of the molecule is O=C(c1ccc(NS(=O)(=O)c2cccc3cccnc23)cc1)N1CCC(O)(c2ccccc2OC(F)(F)F)CC1. The zero-order valence-corrected chi connectivity index (χ0v) is 21.7. The van der Waals surface area contributed by atoms with E-state index in [9.17, 15) is 31.5 Å². The number of nitrogens with zero attached hydrogens (tertiary/aromatic N) is 2. The zero-order valence-electron chi connectivity index (χ0n) is 20.9. The summed E-state index contributed by atoms with van der Waals surface area (Å²) in [6.45, 7) is 0.191. The number of piperidine rings is 1. The van der Waals surface area contributed by atoms with Crippen LogP contribution in [0.15, 0.2) is 90.0 Å². The van der Waals surface area contributed by atoms with E-state index in [-0.39, 0.29) is 48.0 Å². The monoisotopic (exact) mass is 571 g/mol. The smallest absolute Gasteiger partial charge is 0.405 e. The molecule has 5 rings (SSSR count). The molecule has 208 valence electrons. The van der Waals surface area contributed by atoms with Crippen molar-refractivity contribution in [2.45, 2.75) is 29.7 Å². The lowest BCUT2D eigenvalue weighted by Gasteiger charge is -2.39. The van der Waals surface area contributed by atoms with Crippen molar-refractivity contribution in [3.8, 4) is 5.75 Å². The summed E-state index contributed by atoms with van der Waals surface area (Å²) in [5, 5.41) is 11.8. The number of likely N-dealkylation sites (tertiary alicyclic amines) is 1. The average Bonchev–Trinajstić information content (AvgIpc) is 2.92. The Morgan fingerprint density at radius 3 is 2.33 bits per heavy atom. The van der Waals surface area contributed by atoms with Crippen molar-refractivity contribution in [3.05, 3.63) is 96.2 Å². The summed E-state index contributed by atoms with van der Waals surface area (Å²) < 4.78 is 71.2. The van der Waals surface area contributed by atoms with E-state index in [1.54, 1.807) is 24.3 Å². The number of amides is 1. The van der Waals surface area contributed by atoms with Gasteiger partial charge in [0, 0.05) is 41.5 Å². The second kappa shape index (κ2) is 10.4. The number of pyridine rings is 1. The van der Waals surface area contributed by atoms with Gasteiger partial charge in [0.05, 0.1) is 11.1 Å². The largest absolute Gasteiger partial charge is 0.573 e. The highest BCUT2D eigenvalue weighted by atomic mass is 32.2. The Morgan fingerprint density at radius 1 is 0.950 bits per heavy atom. The quantitative estimate of drug-likeness (QED) is 0.335. The number of fused-ring (bicyclic) bond motifs is 1. The number of alkyl halides is 3. The predicted molar refractivity (Wildman–Crippen MR) is 141 cm³/mol. The van der Waals surface area contributed by atoms with Gasteiger partial charge in [-0.3, -0.25) is 14.5 Å². The summed E-state index contributed by atoms with van der Waals surface area (Å²) >= 11 is 0. The lowest BCUT2D eigenvalue weighted by Crippen LogP contribution is -2.45. The van der Waals surface area contributed by atoms with Gasteiger partial charge in [-0.15, -0.1) is 13.2 Å². The normalized spacial score (nSPS) is 15.6. The topological polar surface area (TPSA) is 109 Å². The van der Waals surface area contributed by atoms with Crippen molar-refractivity contribution in [2.75, 3.05) is 17.8 Å². The summed E-state index contributed by atoms with van der Waals surface area (Å²) in [6, 6.07) is 19.6. The summed E-state index contributed by atoms with van der Waals surface area (Å²) in [5.74, 6) is -0.830. The Morgan fingerprint density at radius 2 is 1.62 bits per heavy atom. The number of ether oxygens (including phenoxy) is 1. The summed E-state index contributed by atoms with van der Waals surface area (Å²) in [4.78, 5) is 18.8. The number of hydrogen-bond donors (Lipinski definition) is 2. The Bertz CT molecular complexity index is 1650. The highest BCUT2D eigenvalue weighted by molar-refractivity contribution is 7.93. The van der Waals surface area contributed by atoms with Crippen LogP contribution in [-0.4, -0.2) is 48.8 Å². The van der Waals surface area contributed by atoms with E-state index in [1.807, 2.05) is 0 Å². The fourth-order valence-electron chi connectivity index (χ4n) is 4.78. The van der Waals surface area contributed by atoms with E-state index in [1.165, 1.54) is 59.6 Å². The molecule has 12 heteroatoms. The Labute approximate surface area is 228 Å². The van der Waals surface area contributed by atoms with E-state index in [0.717, 1.165) is 6.07 Å². The van der Waals surface area contributed by atoms with Gasteiger partial charge in [0.2, 0.25) is 0 Å². The van der Waals surface area contributed by atoms with Gasteiger partial charge in [-0.1, -0.05) is 36.4 Å². The average molecular weight is 572 g/mol. The van der Waals surface area contributed by atoms with Crippen molar-refractivity contribution in [2.24, 2.45) is 0 Å². The molecular weight excluding hydrogens is 547 g/mol. The molecule has 0 unspecified atom stereocenters. The number of para-hydroxylation sites is 2. The highest BCUT2D eigenvalue weighted by Gasteiger charge is 2.40. The van der Waals surface area contributed by atoms with Crippen molar-refractivity contribution in [1.29, 1.82) is 0 Å². The van der Waals surface area contributed by atoms with Crippen LogP contribution in [0.25, 0.3) is 10.9 Å². The minimum Gasteiger partial charge on any atom is -0.405 e. The number of hydrogen-bond acceptors (Lipinski definition) is 6. The van der Waals surface area contributed by atoms with Crippen LogP contribution in [0.1, 0.15) is 28.8 Å². The van der Waals surface area contributed by atoms with Gasteiger partial charge in [-0.05, 0) is 55.3 Å². The molecule has 1 aliphatic heterocycles. The molecule has 2 N–H and O–H groups in total. The van der Waals surface area contributed by atoms with Crippen LogP contribution in [0.5, 0.6) is 5.75 Å². The molecule has 1 amide bonds. The number of aliphatic hydroxyl groups is 1. The third-order valence-electron chi connectivity index (χ3n) is 6.76. The van der Waals surface area contributed by atoms with Crippen LogP contribution in [0.4, 0.5) is 18.9 Å². The lowest BCUT2D eigenvalue weighted by atomic mass is 9.83. The van der Waals surface area contributed by atoms with Gasteiger partial charge in [0.15, 0.2) is 0 Å². The first-order chi connectivity index (χ1) is 19.0. The number of anilines is 1. The molecule has 1 fully saturated rings. The molecule has 1 aromatic heterocycles. The number of sulfonamides is 1. The molecular formula is C28H24F3N3O5S. The van der Waals surface area contributed by atoms with E-state index in [4.69, 9.17) is 0 Å². The number of aromatic nitrogens is 1. The second-order valence-electron chi connectivity index (χ2n) is 9.38. The van der Waals surface area contributed by atoms with Gasteiger partial charge in [-0.25, -0.2) is 8.42 Å². The Hall–Kier alpha value is -4.16. The first-order valence-corrected chi connectivity index (χ1v) is 13.8. The first kappa shape index (κ1) is 27.4. The number of halogens is 3. The van der Waals surface area contributed by atoms with Crippen molar-refractivity contribution < 1.29 is 36.2 Å². The molecule has 0 radical (unpaired) electrons. The Balaban J connectivity index is 1.26. The zero-order chi connectivity index (χ0) is 28.5. The molecule has 40 heavy (non-hydrogen) atoms. The Kier molecular flexibility index (Phi) is 7.15. The van der Waals surface area contributed by atoms with E-state index < -0.39 is 27.7 Å². The number of rotatable bonds is 6. The van der Waals surface area contributed by atoms with Gasteiger partial charge >= 0.3 is 6.36 Å². The van der Waals surface area contributed by atoms with Crippen LogP contribution < -0.4 is 9.46 Å². The van der Waals surface area contributed by atoms with E-state index in [2.05, 4.69) is 14.4 Å². The lowest BCUT2D eigenvalue weighted by molar-refractivity contribution is -0.275. The third kappa shape index (κ3) is 5.73. The molecule has 0 bridgehead atoms. The standard InChI is InChI=1S/C28H24F3N3O5S/c29-28(30,31)39-23-8-2-1-7-22(23)27(36)14-17-34(18-15-27)26(35)20-10-12-21(13-11-20)33-40(37,38)24-9-3-5-19-6-4-16-32-25(19)24/h1-13,16,33,36H,14-15,17-18H2. The van der Waals surface area contributed by atoms with Crippen LogP contribution in [-0.2, 0) is 15.6 Å². The fourth-order valence-corrected chi connectivity index (χ4v) is 6.02. The van der Waals surface area contributed by atoms with E-state index in [0.29, 0.717) is 16.5 Å². The van der Waals surface area contributed by atoms with Crippen LogP contribution >= 0.6 is 0 Å². The molecule has 1 aliphatic rings. The molecule has 0 aliphatic carbocycles.